The molecule has 0 spiro atoms. The van der Waals surface area contributed by atoms with E-state index in [-0.39, 0.29) is 17.6 Å². The number of ether oxygens (including phenoxy) is 2. The molecule has 1 unspecified atom stereocenters. The summed E-state index contributed by atoms with van der Waals surface area (Å²) in [5, 5.41) is 2.91. The zero-order chi connectivity index (χ0) is 24.1. The highest BCUT2D eigenvalue weighted by Gasteiger charge is 2.34. The summed E-state index contributed by atoms with van der Waals surface area (Å²) < 4.78 is 50.3. The molecule has 0 saturated carbocycles. The SMILES string of the molecule is CCOc1ccccc1OCC(=O)NC(c1ccccc1)c1ccc2nc(C(F)(F)F)[nH]c2c1. The number of hydrogen-bond donors (Lipinski definition) is 2. The van der Waals surface area contributed by atoms with E-state index >= 15 is 0 Å². The highest BCUT2D eigenvalue weighted by atomic mass is 19.4. The molecule has 0 radical (unpaired) electrons. The number of carbonyl (C=O) groups is 1. The van der Waals surface area contributed by atoms with Gasteiger partial charge in [0.25, 0.3) is 5.91 Å². The fourth-order valence-corrected chi connectivity index (χ4v) is 3.54. The van der Waals surface area contributed by atoms with E-state index < -0.39 is 23.9 Å². The predicted octanol–water partition coefficient (Wildman–Crippen LogP) is 5.27. The quantitative estimate of drug-likeness (QED) is 0.369. The highest BCUT2D eigenvalue weighted by molar-refractivity contribution is 5.80. The van der Waals surface area contributed by atoms with Crippen LogP contribution in [-0.4, -0.2) is 29.1 Å². The number of carbonyl (C=O) groups excluding carboxylic acids is 1. The molecule has 4 aromatic rings. The van der Waals surface area contributed by atoms with Crippen LogP contribution in [0.15, 0.2) is 72.8 Å². The van der Waals surface area contributed by atoms with Crippen LogP contribution in [0.25, 0.3) is 11.0 Å². The Balaban J connectivity index is 1.57. The molecule has 0 aliphatic rings. The van der Waals surface area contributed by atoms with Crippen molar-refractivity contribution in [2.75, 3.05) is 13.2 Å². The van der Waals surface area contributed by atoms with E-state index in [1.54, 1.807) is 36.4 Å². The molecule has 2 N–H and O–H groups in total. The molecule has 1 atom stereocenters. The Bertz CT molecular complexity index is 1270. The van der Waals surface area contributed by atoms with Crippen molar-refractivity contribution < 1.29 is 27.4 Å². The molecule has 6 nitrogen and oxygen atoms in total. The van der Waals surface area contributed by atoms with Crippen molar-refractivity contribution in [3.63, 3.8) is 0 Å². The average molecular weight is 469 g/mol. The van der Waals surface area contributed by atoms with Gasteiger partial charge in [0.1, 0.15) is 0 Å². The van der Waals surface area contributed by atoms with Crippen LogP contribution in [0.1, 0.15) is 29.9 Å². The van der Waals surface area contributed by atoms with Crippen molar-refractivity contribution in [1.29, 1.82) is 0 Å². The molecular weight excluding hydrogens is 447 g/mol. The predicted molar refractivity (Wildman–Crippen MR) is 121 cm³/mol. The van der Waals surface area contributed by atoms with Crippen LogP contribution in [0.5, 0.6) is 11.5 Å². The zero-order valence-corrected chi connectivity index (χ0v) is 18.2. The number of fused-ring (bicyclic) bond motifs is 1. The molecule has 0 aliphatic carbocycles. The third-order valence-corrected chi connectivity index (χ3v) is 5.05. The van der Waals surface area contributed by atoms with Crippen molar-refractivity contribution in [3.05, 3.63) is 89.7 Å². The van der Waals surface area contributed by atoms with E-state index in [1.807, 2.05) is 37.3 Å². The fraction of sp³-hybridized carbons (Fsp3) is 0.200. The van der Waals surface area contributed by atoms with E-state index in [1.165, 1.54) is 6.07 Å². The average Bonchev–Trinajstić information content (AvgIpc) is 3.27. The highest BCUT2D eigenvalue weighted by Crippen LogP contribution is 2.31. The number of nitrogens with one attached hydrogen (secondary N) is 2. The van der Waals surface area contributed by atoms with E-state index in [0.717, 1.165) is 5.56 Å². The van der Waals surface area contributed by atoms with E-state index in [4.69, 9.17) is 9.47 Å². The summed E-state index contributed by atoms with van der Waals surface area (Å²) >= 11 is 0. The maximum Gasteiger partial charge on any atom is 0.449 e. The lowest BCUT2D eigenvalue weighted by Crippen LogP contribution is -2.33. The van der Waals surface area contributed by atoms with Crippen LogP contribution in [0, 0.1) is 0 Å². The molecule has 4 rings (SSSR count). The van der Waals surface area contributed by atoms with Gasteiger partial charge in [-0.3, -0.25) is 4.79 Å². The number of nitrogens with zero attached hydrogens (tertiary/aromatic N) is 1. The minimum absolute atomic E-state index is 0.185. The lowest BCUT2D eigenvalue weighted by atomic mass is 9.98. The first kappa shape index (κ1) is 23.2. The Labute approximate surface area is 193 Å². The number of aromatic nitrogens is 2. The number of para-hydroxylation sites is 2. The molecule has 0 bridgehead atoms. The third-order valence-electron chi connectivity index (χ3n) is 5.05. The summed E-state index contributed by atoms with van der Waals surface area (Å²) in [5.74, 6) is -0.501. The monoisotopic (exact) mass is 469 g/mol. The summed E-state index contributed by atoms with van der Waals surface area (Å²) in [6, 6.07) is 20.3. The maximum atomic E-state index is 13.1. The van der Waals surface area contributed by atoms with Gasteiger partial charge in [-0.1, -0.05) is 48.5 Å². The number of halogens is 3. The number of alkyl halides is 3. The van der Waals surface area contributed by atoms with Gasteiger partial charge in [-0.15, -0.1) is 0 Å². The molecular formula is C25H22F3N3O3. The number of H-pyrrole nitrogens is 1. The van der Waals surface area contributed by atoms with Crippen molar-refractivity contribution in [3.8, 4) is 11.5 Å². The van der Waals surface area contributed by atoms with Crippen LogP contribution in [-0.2, 0) is 11.0 Å². The maximum absolute atomic E-state index is 13.1. The fourth-order valence-electron chi connectivity index (χ4n) is 3.54. The molecule has 1 aromatic heterocycles. The van der Waals surface area contributed by atoms with E-state index in [0.29, 0.717) is 23.7 Å². The Morgan fingerprint density at radius 2 is 1.65 bits per heavy atom. The first-order valence-electron chi connectivity index (χ1n) is 10.6. The second kappa shape index (κ2) is 9.86. The van der Waals surface area contributed by atoms with Gasteiger partial charge >= 0.3 is 6.18 Å². The van der Waals surface area contributed by atoms with Gasteiger partial charge in [-0.2, -0.15) is 13.2 Å². The molecule has 1 amide bonds. The number of benzene rings is 3. The largest absolute Gasteiger partial charge is 0.490 e. The van der Waals surface area contributed by atoms with Gasteiger partial charge in [0.15, 0.2) is 18.1 Å². The number of aromatic amines is 1. The van der Waals surface area contributed by atoms with E-state index in [2.05, 4.69) is 15.3 Å². The normalized spacial score (nSPS) is 12.4. The van der Waals surface area contributed by atoms with Crippen LogP contribution in [0.4, 0.5) is 13.2 Å². The van der Waals surface area contributed by atoms with Crippen LogP contribution in [0.2, 0.25) is 0 Å². The van der Waals surface area contributed by atoms with Gasteiger partial charge in [0.2, 0.25) is 5.82 Å². The second-order valence-electron chi connectivity index (χ2n) is 7.44. The second-order valence-corrected chi connectivity index (χ2v) is 7.44. The Morgan fingerprint density at radius 1 is 0.971 bits per heavy atom. The molecule has 0 aliphatic heterocycles. The van der Waals surface area contributed by atoms with Gasteiger partial charge in [0, 0.05) is 0 Å². The van der Waals surface area contributed by atoms with Gasteiger partial charge < -0.3 is 19.8 Å². The third kappa shape index (κ3) is 5.31. The van der Waals surface area contributed by atoms with Crippen molar-refractivity contribution in [2.24, 2.45) is 0 Å². The molecule has 0 fully saturated rings. The van der Waals surface area contributed by atoms with Crippen molar-refractivity contribution >= 4 is 16.9 Å². The smallest absolute Gasteiger partial charge is 0.449 e. The van der Waals surface area contributed by atoms with Gasteiger partial charge in [0.05, 0.1) is 23.7 Å². The number of amides is 1. The summed E-state index contributed by atoms with van der Waals surface area (Å²) in [5.41, 5.74) is 1.77. The molecule has 9 heteroatoms. The summed E-state index contributed by atoms with van der Waals surface area (Å²) in [7, 11) is 0. The minimum Gasteiger partial charge on any atom is -0.490 e. The van der Waals surface area contributed by atoms with Crippen LogP contribution >= 0.6 is 0 Å². The molecule has 176 valence electrons. The topological polar surface area (TPSA) is 76.2 Å². The Kier molecular flexibility index (Phi) is 6.72. The van der Waals surface area contributed by atoms with Crippen LogP contribution < -0.4 is 14.8 Å². The molecule has 3 aromatic carbocycles. The minimum atomic E-state index is -4.58. The van der Waals surface area contributed by atoms with Gasteiger partial charge in [-0.25, -0.2) is 4.98 Å². The summed E-state index contributed by atoms with van der Waals surface area (Å²) in [6.45, 7) is 2.04. The van der Waals surface area contributed by atoms with E-state index in [9.17, 15) is 18.0 Å². The first-order chi connectivity index (χ1) is 16.3. The molecule has 0 saturated heterocycles. The Morgan fingerprint density at radius 3 is 2.32 bits per heavy atom. The molecule has 34 heavy (non-hydrogen) atoms. The number of rotatable bonds is 8. The lowest BCUT2D eigenvalue weighted by molar-refractivity contribution is -0.144. The first-order valence-corrected chi connectivity index (χ1v) is 10.6. The summed E-state index contributed by atoms with van der Waals surface area (Å²) in [6.07, 6.45) is -4.58. The van der Waals surface area contributed by atoms with Gasteiger partial charge in [-0.05, 0) is 42.3 Å². The zero-order valence-electron chi connectivity index (χ0n) is 18.2. The Hall–Kier alpha value is -4.01. The standard InChI is InChI=1S/C25H22F3N3O3/c1-2-33-20-10-6-7-11-21(20)34-15-22(32)31-23(16-8-4-3-5-9-16)17-12-13-18-19(14-17)30-24(29-18)25(26,27)28/h3-14,23H,2,15H2,1H3,(H,29,30)(H,31,32). The number of imidazole rings is 1. The van der Waals surface area contributed by atoms with Crippen molar-refractivity contribution in [1.82, 2.24) is 15.3 Å². The van der Waals surface area contributed by atoms with Crippen LogP contribution in [0.3, 0.4) is 0 Å². The lowest BCUT2D eigenvalue weighted by Gasteiger charge is -2.20. The molecule has 1 heterocycles. The number of hydrogen-bond acceptors (Lipinski definition) is 4. The summed E-state index contributed by atoms with van der Waals surface area (Å²) in [4.78, 5) is 18.7. The van der Waals surface area contributed by atoms with Crippen molar-refractivity contribution in [2.45, 2.75) is 19.1 Å².